The second-order valence-corrected chi connectivity index (χ2v) is 21.3. The molecule has 0 saturated carbocycles. The van der Waals surface area contributed by atoms with Gasteiger partial charge in [0.05, 0.1) is 18.6 Å². The molecule has 2 amide bonds. The van der Waals surface area contributed by atoms with Crippen molar-refractivity contribution in [2.75, 3.05) is 13.2 Å². The highest BCUT2D eigenvalue weighted by atomic mass is 28.4. The Labute approximate surface area is 355 Å². The van der Waals surface area contributed by atoms with Crippen molar-refractivity contribution in [2.24, 2.45) is 10.9 Å². The summed E-state index contributed by atoms with van der Waals surface area (Å²) in [6.07, 6.45) is 9.94. The van der Waals surface area contributed by atoms with Crippen LogP contribution in [0.4, 0.5) is 9.59 Å². The van der Waals surface area contributed by atoms with E-state index in [-0.39, 0.29) is 24.2 Å². The molecule has 0 aliphatic rings. The van der Waals surface area contributed by atoms with Gasteiger partial charge < -0.3 is 19.0 Å². The van der Waals surface area contributed by atoms with Crippen LogP contribution < -0.4 is 26.5 Å². The van der Waals surface area contributed by atoms with Gasteiger partial charge in [-0.05, 0) is 48.2 Å². The number of alkyl carbamates (subject to hydrolysis) is 1. The van der Waals surface area contributed by atoms with Crippen molar-refractivity contribution in [3.63, 3.8) is 0 Å². The number of hydrogen-bond acceptors (Lipinski definition) is 7. The SMILES string of the molecule is CCCCCCCCCCC[C@H](N=C(NNC(=O)OC(C)(C)C)NC(=O)OCc1ccccc1)[C@H](C#CCCO[Si](c1ccccc1)(c1ccccc1)C(C)(C)C)CO. The number of benzene rings is 3. The standard InChI is InChI=1S/C48H70N4O6Si/c1-8-9-10-11-12-13-14-15-25-35-43(49-44(51-52-46(55)58-47(2,3)4)50-45(54)56-38-39-28-19-16-20-29-39)40(37-53)30-26-27-36-57-59(48(5,6)7,41-31-21-17-22-32-41)42-33-23-18-24-34-42/h16-24,28-29,31-34,40,43,53H,8-15,25,27,35-38H2,1-7H3,(H,52,55)(H2,49,50,51,54)/t40-,43+/m1/s1. The molecule has 0 unspecified atom stereocenters. The zero-order chi connectivity index (χ0) is 43.0. The van der Waals surface area contributed by atoms with E-state index >= 15 is 0 Å². The maximum Gasteiger partial charge on any atom is 0.426 e. The molecule has 0 saturated heterocycles. The molecular formula is C48H70N4O6Si. The van der Waals surface area contributed by atoms with Gasteiger partial charge in [0.15, 0.2) is 0 Å². The number of nitrogens with zero attached hydrogens (tertiary/aromatic N) is 1. The molecule has 0 aliphatic heterocycles. The van der Waals surface area contributed by atoms with Crippen molar-refractivity contribution in [1.82, 2.24) is 16.2 Å². The highest BCUT2D eigenvalue weighted by Gasteiger charge is 2.50. The Hall–Kier alpha value is -4.63. The number of carbonyl (C=O) groups is 2. The van der Waals surface area contributed by atoms with Crippen LogP contribution in [0.1, 0.15) is 125 Å². The van der Waals surface area contributed by atoms with E-state index in [1.165, 1.54) is 48.9 Å². The third kappa shape index (κ3) is 17.6. The lowest BCUT2D eigenvalue weighted by Crippen LogP contribution is -2.66. The summed E-state index contributed by atoms with van der Waals surface area (Å²) in [7, 11) is -2.74. The number of aliphatic hydroxyl groups excluding tert-OH is 1. The summed E-state index contributed by atoms with van der Waals surface area (Å²) in [5.41, 5.74) is 5.27. The lowest BCUT2D eigenvalue weighted by Gasteiger charge is -2.43. The molecule has 0 radical (unpaired) electrons. The van der Waals surface area contributed by atoms with Crippen molar-refractivity contribution in [3.05, 3.63) is 96.6 Å². The number of aliphatic imine (C=N–C) groups is 1. The van der Waals surface area contributed by atoms with E-state index in [0.717, 1.165) is 24.8 Å². The van der Waals surface area contributed by atoms with Gasteiger partial charge in [-0.2, -0.15) is 0 Å². The fourth-order valence-corrected chi connectivity index (χ4v) is 11.6. The lowest BCUT2D eigenvalue weighted by atomic mass is 9.95. The molecule has 3 rings (SSSR count). The van der Waals surface area contributed by atoms with Crippen molar-refractivity contribution in [2.45, 2.75) is 142 Å². The zero-order valence-electron chi connectivity index (χ0n) is 36.7. The highest BCUT2D eigenvalue weighted by Crippen LogP contribution is 2.36. The number of aliphatic hydroxyl groups is 1. The van der Waals surface area contributed by atoms with Gasteiger partial charge in [0.1, 0.15) is 12.2 Å². The number of ether oxygens (including phenoxy) is 2. The number of nitrogens with one attached hydrogen (secondary N) is 3. The molecule has 4 N–H and O–H groups in total. The van der Waals surface area contributed by atoms with Crippen molar-refractivity contribution >= 4 is 36.8 Å². The second kappa shape index (κ2) is 25.8. The normalized spacial score (nSPS) is 13.1. The maximum atomic E-state index is 13.1. The Morgan fingerprint density at radius 3 is 1.81 bits per heavy atom. The van der Waals surface area contributed by atoms with Crippen molar-refractivity contribution in [1.29, 1.82) is 0 Å². The number of hydrogen-bond donors (Lipinski definition) is 4. The van der Waals surface area contributed by atoms with E-state index in [0.29, 0.717) is 19.4 Å². The summed E-state index contributed by atoms with van der Waals surface area (Å²) in [5.74, 6) is 5.99. The van der Waals surface area contributed by atoms with E-state index in [4.69, 9.17) is 18.9 Å². The molecule has 11 heteroatoms. The van der Waals surface area contributed by atoms with Crippen LogP contribution in [0.3, 0.4) is 0 Å². The summed E-state index contributed by atoms with van der Waals surface area (Å²) in [6.45, 7) is 14.4. The molecule has 0 spiro atoms. The molecule has 0 aliphatic carbocycles. The number of rotatable bonds is 20. The molecular weight excluding hydrogens is 757 g/mol. The van der Waals surface area contributed by atoms with Crippen LogP contribution in [0.25, 0.3) is 0 Å². The van der Waals surface area contributed by atoms with Crippen LogP contribution in [0.5, 0.6) is 0 Å². The molecule has 3 aromatic carbocycles. The minimum Gasteiger partial charge on any atom is -0.444 e. The first-order chi connectivity index (χ1) is 28.3. The van der Waals surface area contributed by atoms with Crippen LogP contribution in [0.15, 0.2) is 96.0 Å². The summed E-state index contributed by atoms with van der Waals surface area (Å²) < 4.78 is 17.9. The fraction of sp³-hybridized carbons (Fsp3) is 0.521. The molecule has 0 aromatic heterocycles. The van der Waals surface area contributed by atoms with Crippen LogP contribution in [-0.4, -0.2) is 56.4 Å². The molecule has 0 bridgehead atoms. The van der Waals surface area contributed by atoms with Gasteiger partial charge in [0, 0.05) is 13.0 Å². The smallest absolute Gasteiger partial charge is 0.426 e. The van der Waals surface area contributed by atoms with Gasteiger partial charge in [0.2, 0.25) is 5.96 Å². The van der Waals surface area contributed by atoms with E-state index in [1.54, 1.807) is 20.8 Å². The Morgan fingerprint density at radius 2 is 1.29 bits per heavy atom. The Balaban J connectivity index is 1.85. The predicted molar refractivity (Wildman–Crippen MR) is 242 cm³/mol. The topological polar surface area (TPSA) is 131 Å². The second-order valence-electron chi connectivity index (χ2n) is 17.0. The Morgan fingerprint density at radius 1 is 0.746 bits per heavy atom. The van der Waals surface area contributed by atoms with Crippen LogP contribution in [0.2, 0.25) is 5.04 Å². The Kier molecular flexibility index (Phi) is 21.3. The van der Waals surface area contributed by atoms with Crippen LogP contribution >= 0.6 is 0 Å². The Bertz CT molecular complexity index is 1690. The first-order valence-corrected chi connectivity index (χ1v) is 23.3. The van der Waals surface area contributed by atoms with Gasteiger partial charge in [-0.1, -0.05) is 182 Å². The monoisotopic (exact) mass is 827 g/mol. The van der Waals surface area contributed by atoms with E-state index in [9.17, 15) is 14.7 Å². The first kappa shape index (κ1) is 48.7. The lowest BCUT2D eigenvalue weighted by molar-refractivity contribution is 0.0511. The summed E-state index contributed by atoms with van der Waals surface area (Å²) in [4.78, 5) is 30.6. The van der Waals surface area contributed by atoms with Gasteiger partial charge in [-0.3, -0.25) is 10.7 Å². The first-order valence-electron chi connectivity index (χ1n) is 21.4. The van der Waals surface area contributed by atoms with Gasteiger partial charge in [-0.15, -0.1) is 5.92 Å². The van der Waals surface area contributed by atoms with Crippen LogP contribution in [0, 0.1) is 17.8 Å². The van der Waals surface area contributed by atoms with E-state index in [1.807, 2.05) is 42.5 Å². The minimum absolute atomic E-state index is 0.0437. The van der Waals surface area contributed by atoms with E-state index < -0.39 is 38.1 Å². The number of hydrazine groups is 1. The molecule has 0 heterocycles. The number of amides is 2. The molecule has 0 fully saturated rings. The molecule has 322 valence electrons. The van der Waals surface area contributed by atoms with Crippen molar-refractivity contribution < 1.29 is 28.6 Å². The molecule has 10 nitrogen and oxygen atoms in total. The predicted octanol–water partition coefficient (Wildman–Crippen LogP) is 9.17. The summed E-state index contributed by atoms with van der Waals surface area (Å²) in [5, 5.41) is 15.6. The third-order valence-corrected chi connectivity index (χ3v) is 15.0. The van der Waals surface area contributed by atoms with E-state index in [2.05, 4.69) is 104 Å². The van der Waals surface area contributed by atoms with Gasteiger partial charge >= 0.3 is 12.2 Å². The number of guanidine groups is 1. The number of carbonyl (C=O) groups excluding carboxylic acids is 2. The summed E-state index contributed by atoms with van der Waals surface area (Å²) >= 11 is 0. The molecule has 3 aromatic rings. The largest absolute Gasteiger partial charge is 0.444 e. The average Bonchev–Trinajstić information content (AvgIpc) is 3.21. The number of unbranched alkanes of at least 4 members (excludes halogenated alkanes) is 8. The third-order valence-electron chi connectivity index (χ3n) is 9.92. The highest BCUT2D eigenvalue weighted by molar-refractivity contribution is 6.99. The van der Waals surface area contributed by atoms with Gasteiger partial charge in [-0.25, -0.2) is 20.0 Å². The fourth-order valence-electron chi connectivity index (χ4n) is 7.03. The van der Waals surface area contributed by atoms with Crippen LogP contribution in [-0.2, 0) is 20.5 Å². The summed E-state index contributed by atoms with van der Waals surface area (Å²) in [6, 6.07) is 29.8. The average molecular weight is 827 g/mol. The van der Waals surface area contributed by atoms with Crippen molar-refractivity contribution in [3.8, 4) is 11.8 Å². The zero-order valence-corrected chi connectivity index (χ0v) is 37.7. The maximum absolute atomic E-state index is 13.1. The molecule has 2 atom stereocenters. The van der Waals surface area contributed by atoms with Gasteiger partial charge in [0.25, 0.3) is 8.32 Å². The minimum atomic E-state index is -2.74. The molecule has 59 heavy (non-hydrogen) atoms. The quantitative estimate of drug-likeness (QED) is 0.0223.